The molecule has 27 heavy (non-hydrogen) atoms. The van der Waals surface area contributed by atoms with E-state index in [9.17, 15) is 14.7 Å². The summed E-state index contributed by atoms with van der Waals surface area (Å²) >= 11 is 7.19. The van der Waals surface area contributed by atoms with Crippen LogP contribution in [0, 0.1) is 12.8 Å². The number of aromatic hydroxyl groups is 1. The molecule has 7 nitrogen and oxygen atoms in total. The van der Waals surface area contributed by atoms with Gasteiger partial charge in [-0.05, 0) is 37.8 Å². The fraction of sp³-hybridized carbons (Fsp3) is 0.333. The van der Waals surface area contributed by atoms with Gasteiger partial charge in [-0.1, -0.05) is 11.6 Å². The van der Waals surface area contributed by atoms with Crippen LogP contribution in [0.5, 0.6) is 5.88 Å². The van der Waals surface area contributed by atoms with E-state index in [2.05, 4.69) is 4.98 Å². The maximum Gasteiger partial charge on any atom is 0.383 e. The van der Waals surface area contributed by atoms with E-state index in [4.69, 9.17) is 16.3 Å². The summed E-state index contributed by atoms with van der Waals surface area (Å²) in [4.78, 5) is 29.9. The van der Waals surface area contributed by atoms with Crippen LogP contribution in [0.1, 0.15) is 33.8 Å². The Morgan fingerprint density at radius 3 is 2.93 bits per heavy atom. The third-order valence-electron chi connectivity index (χ3n) is 4.51. The number of hydrogen-bond acceptors (Lipinski definition) is 6. The second-order valence-electron chi connectivity index (χ2n) is 6.59. The van der Waals surface area contributed by atoms with Crippen molar-refractivity contribution < 1.29 is 23.8 Å². The zero-order valence-electron chi connectivity index (χ0n) is 14.5. The zero-order valence-corrected chi connectivity index (χ0v) is 16.1. The lowest BCUT2D eigenvalue weighted by Crippen LogP contribution is -2.22. The molecule has 0 bridgehead atoms. The predicted octanol–water partition coefficient (Wildman–Crippen LogP) is 2.53. The summed E-state index contributed by atoms with van der Waals surface area (Å²) in [5, 5.41) is 10.7. The van der Waals surface area contributed by atoms with Crippen LogP contribution in [0.15, 0.2) is 24.5 Å². The fourth-order valence-corrected chi connectivity index (χ4v) is 3.96. The average Bonchev–Trinajstić information content (AvgIpc) is 3.32. The molecule has 3 aromatic rings. The number of nitrogens with zero attached hydrogens (tertiary/aromatic N) is 3. The van der Waals surface area contributed by atoms with Gasteiger partial charge in [0.2, 0.25) is 0 Å². The summed E-state index contributed by atoms with van der Waals surface area (Å²) in [6, 6.07) is 3.63. The minimum atomic E-state index is -0.957. The molecule has 4 rings (SSSR count). The van der Waals surface area contributed by atoms with Crippen molar-refractivity contribution >= 4 is 40.3 Å². The van der Waals surface area contributed by atoms with Crippen molar-refractivity contribution in [3.05, 3.63) is 45.1 Å². The summed E-state index contributed by atoms with van der Waals surface area (Å²) in [7, 11) is 0. The number of carbonyl (C=O) groups excluding carboxylic acids is 2. The molecule has 1 aliphatic carbocycles. The van der Waals surface area contributed by atoms with Gasteiger partial charge >= 0.3 is 17.6 Å². The van der Waals surface area contributed by atoms with Crippen LogP contribution in [-0.2, 0) is 16.1 Å². The van der Waals surface area contributed by atoms with Gasteiger partial charge in [0.25, 0.3) is 11.3 Å². The Kier molecular flexibility index (Phi) is 4.61. The van der Waals surface area contributed by atoms with E-state index in [1.807, 2.05) is 13.0 Å². The van der Waals surface area contributed by atoms with Gasteiger partial charge in [0, 0.05) is 11.8 Å². The van der Waals surface area contributed by atoms with Crippen LogP contribution in [0.25, 0.3) is 5.65 Å². The largest absolute Gasteiger partial charge is 0.474 e. The van der Waals surface area contributed by atoms with E-state index in [-0.39, 0.29) is 24.7 Å². The summed E-state index contributed by atoms with van der Waals surface area (Å²) in [6.45, 7) is 2.35. The van der Waals surface area contributed by atoms with Gasteiger partial charge in [0.05, 0.1) is 17.7 Å². The summed E-state index contributed by atoms with van der Waals surface area (Å²) in [5.41, 5.74) is 1.35. The van der Waals surface area contributed by atoms with Gasteiger partial charge in [0.1, 0.15) is 6.54 Å². The molecule has 0 atom stereocenters. The van der Waals surface area contributed by atoms with Crippen molar-refractivity contribution in [2.45, 2.75) is 26.3 Å². The number of fused-ring (bicyclic) bond motifs is 1. The maximum atomic E-state index is 12.8. The number of hydrogen-bond donors (Lipinski definition) is 1. The molecule has 1 fully saturated rings. The zero-order chi connectivity index (χ0) is 19.1. The molecule has 140 valence electrons. The molecule has 3 heterocycles. The van der Waals surface area contributed by atoms with Crippen molar-refractivity contribution in [1.29, 1.82) is 0 Å². The van der Waals surface area contributed by atoms with Gasteiger partial charge in [-0.3, -0.25) is 4.79 Å². The van der Waals surface area contributed by atoms with Crippen LogP contribution >= 0.6 is 22.9 Å². The standard InChI is InChI=1S/C18H16ClN3O4S/c1-10-3-2-6-21-15(10)22(8-12-7-20-18(19)27-12)13(16(21)24)14(23)17(25)26-9-11-4-5-11/h2-3,6-7,11H,4-5,8-9H2,1H3/p+1. The number of ether oxygens (including phenoxy) is 1. The second kappa shape index (κ2) is 6.94. The van der Waals surface area contributed by atoms with Gasteiger partial charge in [-0.15, -0.1) is 11.3 Å². The number of esters is 1. The first-order valence-electron chi connectivity index (χ1n) is 8.49. The van der Waals surface area contributed by atoms with Crippen LogP contribution in [0.4, 0.5) is 0 Å². The summed E-state index contributed by atoms with van der Waals surface area (Å²) < 4.78 is 8.59. The molecule has 0 saturated heterocycles. The highest BCUT2D eigenvalue weighted by molar-refractivity contribution is 7.15. The van der Waals surface area contributed by atoms with Crippen LogP contribution < -0.4 is 4.40 Å². The third-order valence-corrected chi connectivity index (χ3v) is 5.61. The van der Waals surface area contributed by atoms with Gasteiger partial charge in [-0.25, -0.2) is 14.3 Å². The number of ketones is 1. The average molecular weight is 407 g/mol. The Labute approximate surface area is 163 Å². The number of pyridine rings is 1. The smallest absolute Gasteiger partial charge is 0.383 e. The lowest BCUT2D eigenvalue weighted by Gasteiger charge is -2.03. The van der Waals surface area contributed by atoms with E-state index < -0.39 is 11.8 Å². The first-order chi connectivity index (χ1) is 13.0. The van der Waals surface area contributed by atoms with E-state index in [1.54, 1.807) is 23.0 Å². The predicted molar refractivity (Wildman–Crippen MR) is 98.2 cm³/mol. The van der Waals surface area contributed by atoms with Crippen molar-refractivity contribution in [2.24, 2.45) is 5.92 Å². The number of carbonyl (C=O) groups is 2. The molecule has 0 radical (unpaired) electrons. The number of halogens is 1. The maximum absolute atomic E-state index is 12.8. The minimum Gasteiger partial charge on any atom is -0.474 e. The first kappa shape index (κ1) is 17.9. The molecule has 0 aliphatic heterocycles. The molecule has 3 aromatic heterocycles. The molecule has 1 aliphatic rings. The lowest BCUT2D eigenvalue weighted by atomic mass is 10.2. The summed E-state index contributed by atoms with van der Waals surface area (Å²) in [6.07, 6.45) is 5.26. The highest BCUT2D eigenvalue weighted by Gasteiger charge is 2.37. The van der Waals surface area contributed by atoms with E-state index in [0.29, 0.717) is 16.0 Å². The number of aromatic nitrogens is 3. The van der Waals surface area contributed by atoms with Crippen molar-refractivity contribution in [3.8, 4) is 5.88 Å². The molecule has 9 heteroatoms. The molecule has 0 spiro atoms. The Bertz CT molecular complexity index is 1050. The normalized spacial score (nSPS) is 13.9. The molecule has 0 amide bonds. The Hall–Kier alpha value is -2.45. The molecule has 1 N–H and O–H groups in total. The Morgan fingerprint density at radius 2 is 2.26 bits per heavy atom. The van der Waals surface area contributed by atoms with Gasteiger partial charge in [0.15, 0.2) is 4.47 Å². The Morgan fingerprint density at radius 1 is 1.48 bits per heavy atom. The third kappa shape index (κ3) is 3.42. The SMILES string of the molecule is Cc1ccc[n+]2c(O)c(C(=O)C(=O)OCC3CC3)n(Cc3cnc(Cl)s3)c12. The van der Waals surface area contributed by atoms with Crippen LogP contribution in [-0.4, -0.2) is 33.0 Å². The number of rotatable bonds is 6. The van der Waals surface area contributed by atoms with E-state index in [0.717, 1.165) is 23.3 Å². The van der Waals surface area contributed by atoms with Crippen molar-refractivity contribution in [1.82, 2.24) is 9.55 Å². The minimum absolute atomic E-state index is 0.102. The van der Waals surface area contributed by atoms with Gasteiger partial charge < -0.3 is 9.84 Å². The number of imidazole rings is 1. The quantitative estimate of drug-likeness (QED) is 0.294. The van der Waals surface area contributed by atoms with Crippen molar-refractivity contribution in [2.75, 3.05) is 6.61 Å². The molecule has 0 unspecified atom stereocenters. The molecular formula is C18H17ClN3O4S+. The van der Waals surface area contributed by atoms with Crippen LogP contribution in [0.2, 0.25) is 4.47 Å². The second-order valence-corrected chi connectivity index (χ2v) is 8.29. The number of Topliss-reactive ketones (excluding diaryl/α,β-unsaturated/α-hetero) is 1. The number of aryl methyl sites for hydroxylation is 1. The van der Waals surface area contributed by atoms with E-state index >= 15 is 0 Å². The van der Waals surface area contributed by atoms with Crippen molar-refractivity contribution in [3.63, 3.8) is 0 Å². The molecule has 1 saturated carbocycles. The molecule has 0 aromatic carbocycles. The number of thiazole rings is 1. The monoisotopic (exact) mass is 406 g/mol. The molecular weight excluding hydrogens is 390 g/mol. The highest BCUT2D eigenvalue weighted by Crippen LogP contribution is 2.29. The lowest BCUT2D eigenvalue weighted by molar-refractivity contribution is -0.521. The summed E-state index contributed by atoms with van der Waals surface area (Å²) in [5.74, 6) is -1.77. The fourth-order valence-electron chi connectivity index (χ4n) is 2.99. The van der Waals surface area contributed by atoms with Gasteiger partial charge in [-0.2, -0.15) is 4.40 Å². The topological polar surface area (TPSA) is 85.5 Å². The Balaban J connectivity index is 1.78. The highest BCUT2D eigenvalue weighted by atomic mass is 35.5. The van der Waals surface area contributed by atoms with E-state index in [1.165, 1.54) is 15.7 Å². The van der Waals surface area contributed by atoms with Crippen LogP contribution in [0.3, 0.4) is 0 Å². The first-order valence-corrected chi connectivity index (χ1v) is 9.69.